The molecular formula is C13H20ClN3O. The lowest BCUT2D eigenvalue weighted by Gasteiger charge is -2.18. The van der Waals surface area contributed by atoms with Crippen LogP contribution in [0.2, 0.25) is 5.15 Å². The van der Waals surface area contributed by atoms with Gasteiger partial charge in [-0.25, -0.2) is 9.97 Å². The minimum absolute atomic E-state index is 0.268. The molecule has 0 bridgehead atoms. The van der Waals surface area contributed by atoms with Crippen molar-refractivity contribution in [3.8, 4) is 0 Å². The summed E-state index contributed by atoms with van der Waals surface area (Å²) in [5, 5.41) is 9.50. The van der Waals surface area contributed by atoms with Gasteiger partial charge >= 0.3 is 0 Å². The van der Waals surface area contributed by atoms with Gasteiger partial charge in [0.05, 0.1) is 0 Å². The maximum atomic E-state index is 8.98. The second-order valence-corrected chi connectivity index (χ2v) is 5.22. The van der Waals surface area contributed by atoms with Gasteiger partial charge in [0.2, 0.25) is 0 Å². The maximum absolute atomic E-state index is 8.98. The van der Waals surface area contributed by atoms with Crippen molar-refractivity contribution < 1.29 is 5.11 Å². The van der Waals surface area contributed by atoms with Crippen LogP contribution in [-0.4, -0.2) is 34.8 Å². The van der Waals surface area contributed by atoms with Crippen LogP contribution < -0.4 is 4.90 Å². The molecule has 1 aromatic heterocycles. The van der Waals surface area contributed by atoms with Crippen LogP contribution in [0.3, 0.4) is 0 Å². The largest absolute Gasteiger partial charge is 0.396 e. The van der Waals surface area contributed by atoms with Gasteiger partial charge < -0.3 is 10.0 Å². The number of nitrogens with zero attached hydrogens (tertiary/aromatic N) is 3. The van der Waals surface area contributed by atoms with Gasteiger partial charge in [-0.3, -0.25) is 0 Å². The summed E-state index contributed by atoms with van der Waals surface area (Å²) in [6.07, 6.45) is 3.87. The zero-order chi connectivity index (χ0) is 13.0. The molecule has 1 aromatic rings. The molecule has 0 aliphatic carbocycles. The quantitative estimate of drug-likeness (QED) is 0.834. The van der Waals surface area contributed by atoms with Crippen molar-refractivity contribution in [2.45, 2.75) is 32.6 Å². The van der Waals surface area contributed by atoms with E-state index in [0.717, 1.165) is 50.4 Å². The van der Waals surface area contributed by atoms with Crippen LogP contribution in [0.15, 0.2) is 6.07 Å². The number of hydrogen-bond donors (Lipinski definition) is 1. The summed E-state index contributed by atoms with van der Waals surface area (Å²) in [4.78, 5) is 11.0. The Hall–Kier alpha value is -0.870. The smallest absolute Gasteiger partial charge is 0.134 e. The second kappa shape index (κ2) is 6.34. The standard InChI is InChI=1S/C13H20ClN3O/c1-2-3-12-15-11(14)8-13(16-12)17-6-4-10(9-17)5-7-18/h8,10,18H,2-7,9H2,1H3. The number of aliphatic hydroxyl groups is 1. The Bertz CT molecular complexity index is 400. The van der Waals surface area contributed by atoms with Crippen molar-refractivity contribution in [1.29, 1.82) is 0 Å². The molecular weight excluding hydrogens is 250 g/mol. The first-order valence-corrected chi connectivity index (χ1v) is 7.00. The van der Waals surface area contributed by atoms with Crippen LogP contribution >= 0.6 is 11.6 Å². The number of rotatable bonds is 5. The van der Waals surface area contributed by atoms with Gasteiger partial charge in [0.15, 0.2) is 0 Å². The van der Waals surface area contributed by atoms with Gasteiger partial charge in [0.1, 0.15) is 16.8 Å². The van der Waals surface area contributed by atoms with E-state index < -0.39 is 0 Å². The highest BCUT2D eigenvalue weighted by Crippen LogP contribution is 2.25. The van der Waals surface area contributed by atoms with E-state index in [1.54, 1.807) is 0 Å². The maximum Gasteiger partial charge on any atom is 0.134 e. The van der Waals surface area contributed by atoms with E-state index in [2.05, 4.69) is 21.8 Å². The number of aliphatic hydroxyl groups excluding tert-OH is 1. The summed E-state index contributed by atoms with van der Waals surface area (Å²) < 4.78 is 0. The van der Waals surface area contributed by atoms with Gasteiger partial charge in [-0.05, 0) is 25.2 Å². The molecule has 1 aliphatic heterocycles. The lowest BCUT2D eigenvalue weighted by Crippen LogP contribution is -2.21. The molecule has 0 radical (unpaired) electrons. The molecule has 1 unspecified atom stereocenters. The Kier molecular flexibility index (Phi) is 4.78. The lowest BCUT2D eigenvalue weighted by molar-refractivity contribution is 0.263. The van der Waals surface area contributed by atoms with Crippen LogP contribution in [-0.2, 0) is 6.42 Å². The molecule has 1 saturated heterocycles. The number of aryl methyl sites for hydroxylation is 1. The zero-order valence-electron chi connectivity index (χ0n) is 10.8. The summed E-state index contributed by atoms with van der Waals surface area (Å²) in [6.45, 7) is 4.32. The van der Waals surface area contributed by atoms with Gasteiger partial charge in [-0.1, -0.05) is 18.5 Å². The van der Waals surface area contributed by atoms with Crippen molar-refractivity contribution in [2.75, 3.05) is 24.6 Å². The number of halogens is 1. The highest BCUT2D eigenvalue weighted by atomic mass is 35.5. The lowest BCUT2D eigenvalue weighted by atomic mass is 10.1. The summed E-state index contributed by atoms with van der Waals surface area (Å²) >= 11 is 6.04. The molecule has 18 heavy (non-hydrogen) atoms. The Morgan fingerprint density at radius 3 is 3.06 bits per heavy atom. The first-order chi connectivity index (χ1) is 8.72. The van der Waals surface area contributed by atoms with Crippen molar-refractivity contribution in [1.82, 2.24) is 9.97 Å². The zero-order valence-corrected chi connectivity index (χ0v) is 11.5. The van der Waals surface area contributed by atoms with Crippen LogP contribution in [0.5, 0.6) is 0 Å². The summed E-state index contributed by atoms with van der Waals surface area (Å²) in [6, 6.07) is 1.84. The third-order valence-corrected chi connectivity index (χ3v) is 3.54. The molecule has 2 heterocycles. The second-order valence-electron chi connectivity index (χ2n) is 4.83. The van der Waals surface area contributed by atoms with E-state index in [9.17, 15) is 0 Å². The van der Waals surface area contributed by atoms with E-state index in [4.69, 9.17) is 16.7 Å². The van der Waals surface area contributed by atoms with Crippen LogP contribution in [0.4, 0.5) is 5.82 Å². The van der Waals surface area contributed by atoms with Crippen LogP contribution in [0.1, 0.15) is 32.0 Å². The summed E-state index contributed by atoms with van der Waals surface area (Å²) in [5.74, 6) is 2.32. The first kappa shape index (κ1) is 13.6. The Morgan fingerprint density at radius 2 is 2.33 bits per heavy atom. The van der Waals surface area contributed by atoms with E-state index >= 15 is 0 Å². The number of hydrogen-bond acceptors (Lipinski definition) is 4. The fourth-order valence-corrected chi connectivity index (χ4v) is 2.60. The minimum Gasteiger partial charge on any atom is -0.396 e. The first-order valence-electron chi connectivity index (χ1n) is 6.62. The number of aromatic nitrogens is 2. The molecule has 2 rings (SSSR count). The molecule has 1 N–H and O–H groups in total. The third kappa shape index (κ3) is 3.33. The fraction of sp³-hybridized carbons (Fsp3) is 0.692. The third-order valence-electron chi connectivity index (χ3n) is 3.35. The molecule has 5 heteroatoms. The summed E-state index contributed by atoms with van der Waals surface area (Å²) in [7, 11) is 0. The SMILES string of the molecule is CCCc1nc(Cl)cc(N2CCC(CCO)C2)n1. The minimum atomic E-state index is 0.268. The molecule has 1 aliphatic rings. The van der Waals surface area contributed by atoms with E-state index in [-0.39, 0.29) is 6.61 Å². The van der Waals surface area contributed by atoms with Crippen molar-refractivity contribution in [3.63, 3.8) is 0 Å². The van der Waals surface area contributed by atoms with Crippen LogP contribution in [0.25, 0.3) is 0 Å². The summed E-state index contributed by atoms with van der Waals surface area (Å²) in [5.41, 5.74) is 0. The number of anilines is 1. The van der Waals surface area contributed by atoms with E-state index in [1.807, 2.05) is 6.07 Å². The molecule has 0 aromatic carbocycles. The highest BCUT2D eigenvalue weighted by Gasteiger charge is 2.23. The Morgan fingerprint density at radius 1 is 1.50 bits per heavy atom. The van der Waals surface area contributed by atoms with Gasteiger partial charge in [0.25, 0.3) is 0 Å². The molecule has 1 fully saturated rings. The Balaban J connectivity index is 2.08. The molecule has 4 nitrogen and oxygen atoms in total. The van der Waals surface area contributed by atoms with Gasteiger partial charge in [-0.2, -0.15) is 0 Å². The van der Waals surface area contributed by atoms with E-state index in [0.29, 0.717) is 11.1 Å². The van der Waals surface area contributed by atoms with E-state index in [1.165, 1.54) is 0 Å². The normalized spacial score (nSPS) is 19.5. The van der Waals surface area contributed by atoms with Gasteiger partial charge in [0, 0.05) is 32.2 Å². The predicted octanol–water partition coefficient (Wildman–Crippen LogP) is 2.29. The van der Waals surface area contributed by atoms with Crippen molar-refractivity contribution >= 4 is 17.4 Å². The molecule has 0 spiro atoms. The van der Waals surface area contributed by atoms with Crippen molar-refractivity contribution in [3.05, 3.63) is 17.0 Å². The van der Waals surface area contributed by atoms with Crippen molar-refractivity contribution in [2.24, 2.45) is 5.92 Å². The average Bonchev–Trinajstić information content (AvgIpc) is 2.78. The fourth-order valence-electron chi connectivity index (χ4n) is 2.41. The predicted molar refractivity (Wildman–Crippen MR) is 73.1 cm³/mol. The molecule has 100 valence electrons. The highest BCUT2D eigenvalue weighted by molar-refractivity contribution is 6.29. The monoisotopic (exact) mass is 269 g/mol. The molecule has 0 amide bonds. The van der Waals surface area contributed by atoms with Crippen LogP contribution in [0, 0.1) is 5.92 Å². The molecule has 0 saturated carbocycles. The average molecular weight is 270 g/mol. The Labute approximate surface area is 113 Å². The molecule has 1 atom stereocenters. The van der Waals surface area contributed by atoms with Gasteiger partial charge in [-0.15, -0.1) is 0 Å². The topological polar surface area (TPSA) is 49.2 Å².